The lowest BCUT2D eigenvalue weighted by atomic mass is 10.3. The van der Waals surface area contributed by atoms with Crippen LogP contribution in [0.5, 0.6) is 0 Å². The van der Waals surface area contributed by atoms with Crippen LogP contribution in [0.3, 0.4) is 0 Å². The van der Waals surface area contributed by atoms with Gasteiger partial charge in [-0.25, -0.2) is 0 Å². The number of aromatic nitrogens is 3. The van der Waals surface area contributed by atoms with Crippen molar-refractivity contribution < 1.29 is 4.74 Å². The second-order valence-corrected chi connectivity index (χ2v) is 4.82. The molecule has 0 unspecified atom stereocenters. The predicted octanol–water partition coefficient (Wildman–Crippen LogP) is 1.44. The lowest BCUT2D eigenvalue weighted by Gasteiger charge is -2.02. The number of ether oxygens (including phenoxy) is 1. The van der Waals surface area contributed by atoms with Gasteiger partial charge in [0.2, 0.25) is 5.13 Å². The van der Waals surface area contributed by atoms with Crippen molar-refractivity contribution in [1.82, 2.24) is 14.8 Å². The van der Waals surface area contributed by atoms with E-state index in [1.807, 2.05) is 13.0 Å². The van der Waals surface area contributed by atoms with E-state index in [4.69, 9.17) is 4.74 Å². The SMILES string of the molecule is CCn1cccc(-c2nnc(NCCOC)s2)c1=O. The zero-order chi connectivity index (χ0) is 13.7. The van der Waals surface area contributed by atoms with Gasteiger partial charge in [-0.2, -0.15) is 0 Å². The van der Waals surface area contributed by atoms with Crippen molar-refractivity contribution in [3.05, 3.63) is 28.7 Å². The lowest BCUT2D eigenvalue weighted by Crippen LogP contribution is -2.19. The highest BCUT2D eigenvalue weighted by Gasteiger charge is 2.10. The molecule has 2 aromatic heterocycles. The molecule has 0 spiro atoms. The summed E-state index contributed by atoms with van der Waals surface area (Å²) in [6.45, 7) is 3.84. The molecule has 0 saturated carbocycles. The number of hydrogen-bond acceptors (Lipinski definition) is 6. The van der Waals surface area contributed by atoms with Crippen molar-refractivity contribution >= 4 is 16.5 Å². The lowest BCUT2D eigenvalue weighted by molar-refractivity contribution is 0.211. The number of anilines is 1. The Morgan fingerprint density at radius 2 is 2.32 bits per heavy atom. The van der Waals surface area contributed by atoms with E-state index in [9.17, 15) is 4.79 Å². The molecule has 0 aliphatic heterocycles. The molecule has 102 valence electrons. The summed E-state index contributed by atoms with van der Waals surface area (Å²) >= 11 is 1.37. The first-order chi connectivity index (χ1) is 9.26. The highest BCUT2D eigenvalue weighted by atomic mass is 32.1. The summed E-state index contributed by atoms with van der Waals surface area (Å²) in [5.74, 6) is 0. The molecule has 0 radical (unpaired) electrons. The molecule has 7 heteroatoms. The van der Waals surface area contributed by atoms with E-state index in [0.717, 1.165) is 0 Å². The van der Waals surface area contributed by atoms with Crippen molar-refractivity contribution in [2.45, 2.75) is 13.5 Å². The van der Waals surface area contributed by atoms with Gasteiger partial charge in [0.05, 0.1) is 12.2 Å². The van der Waals surface area contributed by atoms with Gasteiger partial charge in [-0.05, 0) is 19.1 Å². The molecule has 6 nitrogen and oxygen atoms in total. The molecule has 2 aromatic rings. The molecule has 19 heavy (non-hydrogen) atoms. The van der Waals surface area contributed by atoms with Gasteiger partial charge in [-0.1, -0.05) is 11.3 Å². The van der Waals surface area contributed by atoms with Crippen molar-refractivity contribution in [2.75, 3.05) is 25.6 Å². The first-order valence-electron chi connectivity index (χ1n) is 6.02. The molecule has 0 amide bonds. The quantitative estimate of drug-likeness (QED) is 0.811. The molecular formula is C12H16N4O2S. The maximum Gasteiger partial charge on any atom is 0.260 e. The van der Waals surface area contributed by atoms with Gasteiger partial charge in [0, 0.05) is 26.4 Å². The molecule has 0 aliphatic carbocycles. The van der Waals surface area contributed by atoms with Gasteiger partial charge >= 0.3 is 0 Å². The van der Waals surface area contributed by atoms with E-state index < -0.39 is 0 Å². The fourth-order valence-electron chi connectivity index (χ4n) is 1.61. The third kappa shape index (κ3) is 3.18. The summed E-state index contributed by atoms with van der Waals surface area (Å²) in [4.78, 5) is 12.1. The Bertz CT molecular complexity index is 593. The fourth-order valence-corrected chi connectivity index (χ4v) is 2.40. The maximum absolute atomic E-state index is 12.1. The Kier molecular flexibility index (Phi) is 4.64. The van der Waals surface area contributed by atoms with Crippen molar-refractivity contribution in [3.8, 4) is 10.6 Å². The predicted molar refractivity (Wildman–Crippen MR) is 75.6 cm³/mol. The number of nitrogens with zero attached hydrogens (tertiary/aromatic N) is 3. The highest BCUT2D eigenvalue weighted by Crippen LogP contribution is 2.23. The average Bonchev–Trinajstić information content (AvgIpc) is 2.88. The summed E-state index contributed by atoms with van der Waals surface area (Å²) in [6.07, 6.45) is 1.77. The fraction of sp³-hybridized carbons (Fsp3) is 0.417. The zero-order valence-corrected chi connectivity index (χ0v) is 11.7. The summed E-state index contributed by atoms with van der Waals surface area (Å²) < 4.78 is 6.59. The Morgan fingerprint density at radius 3 is 3.05 bits per heavy atom. The van der Waals surface area contributed by atoms with Crippen LogP contribution in [0.25, 0.3) is 10.6 Å². The van der Waals surface area contributed by atoms with E-state index >= 15 is 0 Å². The van der Waals surface area contributed by atoms with E-state index in [1.54, 1.807) is 23.9 Å². The van der Waals surface area contributed by atoms with Crippen LogP contribution in [0.1, 0.15) is 6.92 Å². The first-order valence-corrected chi connectivity index (χ1v) is 6.84. The summed E-state index contributed by atoms with van der Waals surface area (Å²) in [7, 11) is 1.64. The molecule has 2 heterocycles. The average molecular weight is 280 g/mol. The maximum atomic E-state index is 12.1. The number of rotatable bonds is 6. The van der Waals surface area contributed by atoms with Crippen LogP contribution in [-0.4, -0.2) is 35.0 Å². The highest BCUT2D eigenvalue weighted by molar-refractivity contribution is 7.18. The molecular weight excluding hydrogens is 264 g/mol. The number of nitrogens with one attached hydrogen (secondary N) is 1. The molecule has 0 saturated heterocycles. The number of aryl methyl sites for hydroxylation is 1. The molecule has 0 fully saturated rings. The second-order valence-electron chi connectivity index (χ2n) is 3.84. The van der Waals surface area contributed by atoms with Crippen LogP contribution in [0.15, 0.2) is 23.1 Å². The van der Waals surface area contributed by atoms with Gasteiger partial charge in [0.1, 0.15) is 0 Å². The van der Waals surface area contributed by atoms with Crippen LogP contribution in [-0.2, 0) is 11.3 Å². The third-order valence-corrected chi connectivity index (χ3v) is 3.51. The Labute approximate surface area is 115 Å². The smallest absolute Gasteiger partial charge is 0.260 e. The number of methoxy groups -OCH3 is 1. The van der Waals surface area contributed by atoms with Crippen LogP contribution >= 0.6 is 11.3 Å². The van der Waals surface area contributed by atoms with E-state index in [1.165, 1.54) is 11.3 Å². The van der Waals surface area contributed by atoms with Crippen LogP contribution in [0, 0.1) is 0 Å². The normalized spacial score (nSPS) is 10.6. The van der Waals surface area contributed by atoms with Gasteiger partial charge < -0.3 is 14.6 Å². The van der Waals surface area contributed by atoms with Crippen LogP contribution < -0.4 is 10.9 Å². The number of hydrogen-bond donors (Lipinski definition) is 1. The molecule has 0 aromatic carbocycles. The Hall–Kier alpha value is -1.73. The van der Waals surface area contributed by atoms with Crippen LogP contribution in [0.2, 0.25) is 0 Å². The van der Waals surface area contributed by atoms with E-state index in [-0.39, 0.29) is 5.56 Å². The zero-order valence-electron chi connectivity index (χ0n) is 10.9. The Balaban J connectivity index is 2.21. The van der Waals surface area contributed by atoms with Crippen molar-refractivity contribution in [1.29, 1.82) is 0 Å². The number of pyridine rings is 1. The van der Waals surface area contributed by atoms with Crippen LogP contribution in [0.4, 0.5) is 5.13 Å². The van der Waals surface area contributed by atoms with Gasteiger partial charge in [0.25, 0.3) is 5.56 Å². The molecule has 2 rings (SSSR count). The standard InChI is InChI=1S/C12H16N4O2S/c1-3-16-7-4-5-9(11(16)17)10-14-15-12(19-10)13-6-8-18-2/h4-5,7H,3,6,8H2,1-2H3,(H,13,15). The molecule has 1 N–H and O–H groups in total. The molecule has 0 aliphatic rings. The van der Waals surface area contributed by atoms with E-state index in [2.05, 4.69) is 15.5 Å². The largest absolute Gasteiger partial charge is 0.383 e. The van der Waals surface area contributed by atoms with Crippen molar-refractivity contribution in [2.24, 2.45) is 0 Å². The summed E-state index contributed by atoms with van der Waals surface area (Å²) in [5, 5.41) is 12.5. The minimum Gasteiger partial charge on any atom is -0.383 e. The van der Waals surface area contributed by atoms with Crippen molar-refractivity contribution in [3.63, 3.8) is 0 Å². The molecule has 0 bridgehead atoms. The van der Waals surface area contributed by atoms with Gasteiger partial charge in [-0.3, -0.25) is 4.79 Å². The minimum absolute atomic E-state index is 0.0374. The summed E-state index contributed by atoms with van der Waals surface area (Å²) in [6, 6.07) is 3.62. The van der Waals surface area contributed by atoms with E-state index in [0.29, 0.717) is 35.4 Å². The monoisotopic (exact) mass is 280 g/mol. The van der Waals surface area contributed by atoms with Gasteiger partial charge in [0.15, 0.2) is 5.01 Å². The van der Waals surface area contributed by atoms with Gasteiger partial charge in [-0.15, -0.1) is 10.2 Å². The minimum atomic E-state index is -0.0374. The topological polar surface area (TPSA) is 69.0 Å². The summed E-state index contributed by atoms with van der Waals surface area (Å²) in [5.41, 5.74) is 0.547. The first kappa shape index (κ1) is 13.7. The Morgan fingerprint density at radius 1 is 1.47 bits per heavy atom. The third-order valence-electron chi connectivity index (χ3n) is 2.60. The second kappa shape index (κ2) is 6.44. The molecule has 0 atom stereocenters.